The number of hydrogen-bond acceptors (Lipinski definition) is 3. The Hall–Kier alpha value is -1.45. The second kappa shape index (κ2) is 3.96. The molecule has 0 saturated heterocycles. The summed E-state index contributed by atoms with van der Waals surface area (Å²) in [6.45, 7) is 3.45. The summed E-state index contributed by atoms with van der Waals surface area (Å²) >= 11 is 0. The van der Waals surface area contributed by atoms with Crippen LogP contribution in [-0.2, 0) is 17.6 Å². The third-order valence-electron chi connectivity index (χ3n) is 2.68. The SMILES string of the molecule is CC(=O)Nc1nc(C)c2c(n1)CCCC2. The van der Waals surface area contributed by atoms with Crippen molar-refractivity contribution in [1.82, 2.24) is 9.97 Å². The number of fused-ring (bicyclic) bond motifs is 1. The van der Waals surface area contributed by atoms with E-state index in [0.29, 0.717) is 5.95 Å². The maximum absolute atomic E-state index is 10.9. The summed E-state index contributed by atoms with van der Waals surface area (Å²) in [5.74, 6) is 0.325. The average Bonchev–Trinajstić information content (AvgIpc) is 2.16. The van der Waals surface area contributed by atoms with E-state index in [9.17, 15) is 4.79 Å². The van der Waals surface area contributed by atoms with Crippen molar-refractivity contribution in [3.05, 3.63) is 17.0 Å². The summed E-state index contributed by atoms with van der Waals surface area (Å²) in [6, 6.07) is 0. The standard InChI is InChI=1S/C11H15N3O/c1-7-9-5-3-4-6-10(9)14-11(12-7)13-8(2)15/h3-6H2,1-2H3,(H,12,13,14,15). The average molecular weight is 205 g/mol. The third kappa shape index (κ3) is 2.14. The van der Waals surface area contributed by atoms with Crippen LogP contribution in [0.5, 0.6) is 0 Å². The second-order valence-electron chi connectivity index (χ2n) is 3.95. The van der Waals surface area contributed by atoms with Crippen molar-refractivity contribution in [2.24, 2.45) is 0 Å². The molecule has 0 fully saturated rings. The minimum atomic E-state index is -0.120. The van der Waals surface area contributed by atoms with Crippen molar-refractivity contribution in [3.8, 4) is 0 Å². The van der Waals surface area contributed by atoms with Crippen LogP contribution in [0.4, 0.5) is 5.95 Å². The molecule has 0 saturated carbocycles. The molecule has 2 rings (SSSR count). The number of rotatable bonds is 1. The number of nitrogens with one attached hydrogen (secondary N) is 1. The maximum atomic E-state index is 10.9. The highest BCUT2D eigenvalue weighted by Crippen LogP contribution is 2.22. The molecule has 1 heterocycles. The Morgan fingerprint density at radius 3 is 2.73 bits per heavy atom. The molecule has 15 heavy (non-hydrogen) atoms. The van der Waals surface area contributed by atoms with Crippen molar-refractivity contribution in [2.75, 3.05) is 5.32 Å². The van der Waals surface area contributed by atoms with E-state index in [1.807, 2.05) is 6.92 Å². The van der Waals surface area contributed by atoms with Gasteiger partial charge in [-0.2, -0.15) is 0 Å². The minimum Gasteiger partial charge on any atom is -0.295 e. The fraction of sp³-hybridized carbons (Fsp3) is 0.545. The van der Waals surface area contributed by atoms with Gasteiger partial charge >= 0.3 is 0 Å². The molecule has 1 aromatic heterocycles. The molecule has 0 bridgehead atoms. The fourth-order valence-electron chi connectivity index (χ4n) is 2.00. The molecule has 0 spiro atoms. The van der Waals surface area contributed by atoms with Crippen molar-refractivity contribution in [3.63, 3.8) is 0 Å². The normalized spacial score (nSPS) is 14.5. The van der Waals surface area contributed by atoms with E-state index in [1.165, 1.54) is 25.3 Å². The monoisotopic (exact) mass is 205 g/mol. The van der Waals surface area contributed by atoms with Crippen LogP contribution in [0.3, 0.4) is 0 Å². The Morgan fingerprint density at radius 2 is 2.00 bits per heavy atom. The number of nitrogens with zero attached hydrogens (tertiary/aromatic N) is 2. The van der Waals surface area contributed by atoms with E-state index in [4.69, 9.17) is 0 Å². The van der Waals surface area contributed by atoms with Gasteiger partial charge in [0.25, 0.3) is 0 Å². The molecule has 4 nitrogen and oxygen atoms in total. The molecule has 80 valence electrons. The summed E-state index contributed by atoms with van der Waals surface area (Å²) in [7, 11) is 0. The molecule has 1 amide bonds. The summed E-state index contributed by atoms with van der Waals surface area (Å²) in [5, 5.41) is 2.63. The lowest BCUT2D eigenvalue weighted by atomic mass is 9.95. The third-order valence-corrected chi connectivity index (χ3v) is 2.68. The van der Waals surface area contributed by atoms with E-state index >= 15 is 0 Å². The molecule has 1 aliphatic carbocycles. The molecule has 1 aromatic rings. The van der Waals surface area contributed by atoms with Gasteiger partial charge in [0.15, 0.2) is 0 Å². The molecule has 0 aromatic carbocycles. The molecule has 1 N–H and O–H groups in total. The number of carbonyl (C=O) groups is 1. The van der Waals surface area contributed by atoms with Crippen LogP contribution in [0.25, 0.3) is 0 Å². The van der Waals surface area contributed by atoms with Gasteiger partial charge in [-0.05, 0) is 38.2 Å². The first-order valence-electron chi connectivity index (χ1n) is 5.31. The minimum absolute atomic E-state index is 0.120. The number of aromatic nitrogens is 2. The molecule has 0 radical (unpaired) electrons. The van der Waals surface area contributed by atoms with Crippen molar-refractivity contribution in [1.29, 1.82) is 0 Å². The number of carbonyl (C=O) groups excluding carboxylic acids is 1. The summed E-state index contributed by atoms with van der Waals surface area (Å²) in [6.07, 6.45) is 4.48. The summed E-state index contributed by atoms with van der Waals surface area (Å²) < 4.78 is 0. The summed E-state index contributed by atoms with van der Waals surface area (Å²) in [4.78, 5) is 19.6. The topological polar surface area (TPSA) is 54.9 Å². The molecule has 0 aliphatic heterocycles. The van der Waals surface area contributed by atoms with Gasteiger partial charge in [0.1, 0.15) is 0 Å². The van der Waals surface area contributed by atoms with E-state index in [2.05, 4.69) is 15.3 Å². The van der Waals surface area contributed by atoms with E-state index in [0.717, 1.165) is 24.2 Å². The van der Waals surface area contributed by atoms with Gasteiger partial charge in [-0.3, -0.25) is 10.1 Å². The maximum Gasteiger partial charge on any atom is 0.229 e. The number of aryl methyl sites for hydroxylation is 2. The predicted molar refractivity (Wildman–Crippen MR) is 57.7 cm³/mol. The Balaban J connectivity index is 2.36. The molecule has 4 heteroatoms. The Morgan fingerprint density at radius 1 is 1.27 bits per heavy atom. The van der Waals surface area contributed by atoms with E-state index in [-0.39, 0.29) is 5.91 Å². The van der Waals surface area contributed by atoms with Gasteiger partial charge < -0.3 is 0 Å². The van der Waals surface area contributed by atoms with E-state index < -0.39 is 0 Å². The van der Waals surface area contributed by atoms with Gasteiger partial charge in [0.2, 0.25) is 11.9 Å². The molecular weight excluding hydrogens is 190 g/mol. The Bertz CT molecular complexity index is 401. The van der Waals surface area contributed by atoms with Crippen molar-refractivity contribution >= 4 is 11.9 Å². The zero-order valence-corrected chi connectivity index (χ0v) is 9.13. The lowest BCUT2D eigenvalue weighted by Gasteiger charge is -2.17. The molecule has 1 aliphatic rings. The van der Waals surface area contributed by atoms with Crippen LogP contribution >= 0.6 is 0 Å². The quantitative estimate of drug-likeness (QED) is 0.758. The largest absolute Gasteiger partial charge is 0.295 e. The van der Waals surface area contributed by atoms with Crippen LogP contribution in [0.2, 0.25) is 0 Å². The summed E-state index contributed by atoms with van der Waals surface area (Å²) in [5.41, 5.74) is 3.39. The van der Waals surface area contributed by atoms with Crippen LogP contribution < -0.4 is 5.32 Å². The molecule has 0 unspecified atom stereocenters. The smallest absolute Gasteiger partial charge is 0.229 e. The van der Waals surface area contributed by atoms with Crippen LogP contribution in [0, 0.1) is 6.92 Å². The number of hydrogen-bond donors (Lipinski definition) is 1. The lowest BCUT2D eigenvalue weighted by Crippen LogP contribution is -2.15. The zero-order valence-electron chi connectivity index (χ0n) is 9.13. The van der Waals surface area contributed by atoms with Crippen molar-refractivity contribution < 1.29 is 4.79 Å². The second-order valence-corrected chi connectivity index (χ2v) is 3.95. The Labute approximate surface area is 89.1 Å². The van der Waals surface area contributed by atoms with Gasteiger partial charge in [-0.25, -0.2) is 9.97 Å². The first-order valence-corrected chi connectivity index (χ1v) is 5.31. The number of amides is 1. The van der Waals surface area contributed by atoms with Gasteiger partial charge in [-0.15, -0.1) is 0 Å². The van der Waals surface area contributed by atoms with E-state index in [1.54, 1.807) is 0 Å². The highest BCUT2D eigenvalue weighted by atomic mass is 16.1. The Kier molecular flexibility index (Phi) is 2.66. The van der Waals surface area contributed by atoms with Gasteiger partial charge in [-0.1, -0.05) is 0 Å². The van der Waals surface area contributed by atoms with Gasteiger partial charge in [0, 0.05) is 18.3 Å². The lowest BCUT2D eigenvalue weighted by molar-refractivity contribution is -0.114. The first-order chi connectivity index (χ1) is 7.16. The fourth-order valence-corrected chi connectivity index (χ4v) is 2.00. The molecular formula is C11H15N3O. The first kappa shape index (κ1) is 10.1. The van der Waals surface area contributed by atoms with Crippen molar-refractivity contribution in [2.45, 2.75) is 39.5 Å². The molecule has 0 atom stereocenters. The van der Waals surface area contributed by atoms with Gasteiger partial charge in [0.05, 0.1) is 0 Å². The van der Waals surface area contributed by atoms with Crippen LogP contribution in [0.15, 0.2) is 0 Å². The highest BCUT2D eigenvalue weighted by molar-refractivity contribution is 5.86. The highest BCUT2D eigenvalue weighted by Gasteiger charge is 2.15. The predicted octanol–water partition coefficient (Wildman–Crippen LogP) is 1.62. The zero-order chi connectivity index (χ0) is 10.8. The van der Waals surface area contributed by atoms with Crippen LogP contribution in [0.1, 0.15) is 36.7 Å². The number of anilines is 1. The van der Waals surface area contributed by atoms with Crippen LogP contribution in [-0.4, -0.2) is 15.9 Å².